The molecule has 6 nitrogen and oxygen atoms in total. The van der Waals surface area contributed by atoms with Crippen LogP contribution in [0.3, 0.4) is 0 Å². The third-order valence-corrected chi connectivity index (χ3v) is 4.25. The van der Waals surface area contributed by atoms with Gasteiger partial charge in [0.15, 0.2) is 6.10 Å². The molecule has 0 spiro atoms. The Bertz CT molecular complexity index is 370. The second-order valence-corrected chi connectivity index (χ2v) is 5.86. The number of hydrogen-bond acceptors (Lipinski definition) is 5. The zero-order chi connectivity index (χ0) is 14.7. The highest BCUT2D eigenvalue weighted by Gasteiger charge is 2.34. The van der Waals surface area contributed by atoms with Crippen molar-refractivity contribution in [3.05, 3.63) is 0 Å². The number of aliphatic hydroxyl groups excluding tert-OH is 1. The molecule has 1 heterocycles. The number of ether oxygens (including phenoxy) is 1. The van der Waals surface area contributed by atoms with Gasteiger partial charge in [-0.15, -0.1) is 0 Å². The first-order valence-electron chi connectivity index (χ1n) is 7.27. The van der Waals surface area contributed by atoms with Gasteiger partial charge in [0.05, 0.1) is 13.7 Å². The van der Waals surface area contributed by atoms with Crippen LogP contribution >= 0.6 is 0 Å². The van der Waals surface area contributed by atoms with E-state index in [1.165, 1.54) is 20.0 Å². The third kappa shape index (κ3) is 3.70. The number of methoxy groups -OCH3 is 1. The predicted octanol–water partition coefficient (Wildman–Crippen LogP) is -0.147. The van der Waals surface area contributed by atoms with Gasteiger partial charge in [-0.25, -0.2) is 4.79 Å². The monoisotopic (exact) mass is 284 g/mol. The molecule has 0 unspecified atom stereocenters. The lowest BCUT2D eigenvalue weighted by molar-refractivity contribution is -0.156. The highest BCUT2D eigenvalue weighted by Crippen LogP contribution is 2.26. The molecule has 1 aliphatic heterocycles. The lowest BCUT2D eigenvalue weighted by Gasteiger charge is -2.35. The van der Waals surface area contributed by atoms with E-state index in [2.05, 4.69) is 9.64 Å². The Balaban J connectivity index is 1.85. The van der Waals surface area contributed by atoms with Crippen LogP contribution in [-0.2, 0) is 14.3 Å². The Hall–Kier alpha value is -1.14. The molecule has 0 aromatic carbocycles. The maximum absolute atomic E-state index is 12.2. The first-order valence-corrected chi connectivity index (χ1v) is 7.27. The molecule has 20 heavy (non-hydrogen) atoms. The van der Waals surface area contributed by atoms with E-state index in [0.717, 1.165) is 12.8 Å². The quantitative estimate of drug-likeness (QED) is 0.711. The van der Waals surface area contributed by atoms with E-state index in [-0.39, 0.29) is 11.8 Å². The van der Waals surface area contributed by atoms with Gasteiger partial charge < -0.3 is 14.7 Å². The second kappa shape index (κ2) is 6.54. The van der Waals surface area contributed by atoms with E-state index in [9.17, 15) is 14.7 Å². The fourth-order valence-corrected chi connectivity index (χ4v) is 2.77. The minimum absolute atomic E-state index is 0.0844. The number of esters is 1. The van der Waals surface area contributed by atoms with Crippen LogP contribution in [0.25, 0.3) is 0 Å². The average Bonchev–Trinajstić information content (AvgIpc) is 3.30. The second-order valence-electron chi connectivity index (χ2n) is 5.86. The van der Waals surface area contributed by atoms with E-state index in [4.69, 9.17) is 0 Å². The van der Waals surface area contributed by atoms with Gasteiger partial charge in [-0.2, -0.15) is 0 Å². The third-order valence-electron chi connectivity index (χ3n) is 4.25. The highest BCUT2D eigenvalue weighted by atomic mass is 16.5. The van der Waals surface area contributed by atoms with Crippen LogP contribution in [-0.4, -0.2) is 72.7 Å². The van der Waals surface area contributed by atoms with E-state index in [1.54, 1.807) is 4.90 Å². The molecule has 114 valence electrons. The minimum atomic E-state index is -1.13. The molecule has 1 saturated heterocycles. The SMILES string of the molecule is COC(=O)[C@H](O)[C@@H]1CCCN(C(=O)CN(C)C2CC2)C1. The number of amides is 1. The minimum Gasteiger partial charge on any atom is -0.467 e. The van der Waals surface area contributed by atoms with Gasteiger partial charge in [0, 0.05) is 25.0 Å². The van der Waals surface area contributed by atoms with Crippen LogP contribution in [0.2, 0.25) is 0 Å². The summed E-state index contributed by atoms with van der Waals surface area (Å²) in [5.41, 5.74) is 0. The van der Waals surface area contributed by atoms with E-state index in [1.807, 2.05) is 7.05 Å². The normalized spacial score (nSPS) is 24.6. The highest BCUT2D eigenvalue weighted by molar-refractivity contribution is 5.79. The summed E-state index contributed by atoms with van der Waals surface area (Å²) < 4.78 is 4.56. The molecule has 1 aliphatic carbocycles. The lowest BCUT2D eigenvalue weighted by atomic mass is 9.92. The summed E-state index contributed by atoms with van der Waals surface area (Å²) in [5.74, 6) is -0.744. The molecule has 0 aromatic rings. The molecular formula is C14H24N2O4. The molecule has 1 N–H and O–H groups in total. The van der Waals surface area contributed by atoms with Crippen LogP contribution in [0.1, 0.15) is 25.7 Å². The summed E-state index contributed by atoms with van der Waals surface area (Å²) in [6.07, 6.45) is 2.79. The topological polar surface area (TPSA) is 70.1 Å². The average molecular weight is 284 g/mol. The van der Waals surface area contributed by atoms with Crippen LogP contribution in [0.4, 0.5) is 0 Å². The van der Waals surface area contributed by atoms with E-state index >= 15 is 0 Å². The number of likely N-dealkylation sites (tertiary alicyclic amines) is 1. The molecule has 6 heteroatoms. The predicted molar refractivity (Wildman–Crippen MR) is 73.0 cm³/mol. The number of carbonyl (C=O) groups excluding carboxylic acids is 2. The van der Waals surface area contributed by atoms with Crippen molar-refractivity contribution in [2.75, 3.05) is 33.8 Å². The Labute approximate surface area is 119 Å². The summed E-state index contributed by atoms with van der Waals surface area (Å²) in [6.45, 7) is 1.57. The Morgan fingerprint density at radius 1 is 1.40 bits per heavy atom. The fourth-order valence-electron chi connectivity index (χ4n) is 2.77. The largest absolute Gasteiger partial charge is 0.467 e. The van der Waals surface area contributed by atoms with Gasteiger partial charge in [0.25, 0.3) is 0 Å². The van der Waals surface area contributed by atoms with Crippen LogP contribution < -0.4 is 0 Å². The van der Waals surface area contributed by atoms with Crippen molar-refractivity contribution in [3.63, 3.8) is 0 Å². The number of hydrogen-bond donors (Lipinski definition) is 1. The molecule has 2 fully saturated rings. The molecule has 1 amide bonds. The van der Waals surface area contributed by atoms with E-state index < -0.39 is 12.1 Å². The molecule has 2 aliphatic rings. The van der Waals surface area contributed by atoms with Crippen molar-refractivity contribution in [2.24, 2.45) is 5.92 Å². The number of aliphatic hydroxyl groups is 1. The number of nitrogens with zero attached hydrogens (tertiary/aromatic N) is 2. The number of rotatable bonds is 5. The van der Waals surface area contributed by atoms with Gasteiger partial charge in [0.2, 0.25) is 5.91 Å². The number of carbonyl (C=O) groups is 2. The zero-order valence-electron chi connectivity index (χ0n) is 12.2. The van der Waals surface area contributed by atoms with Crippen molar-refractivity contribution in [1.82, 2.24) is 9.80 Å². The van der Waals surface area contributed by atoms with Gasteiger partial charge in [0.1, 0.15) is 0 Å². The maximum Gasteiger partial charge on any atom is 0.335 e. The molecule has 2 rings (SSSR count). The number of likely N-dealkylation sites (N-methyl/N-ethyl adjacent to an activating group) is 1. The summed E-state index contributed by atoms with van der Waals surface area (Å²) in [6, 6.07) is 0.556. The molecule has 0 radical (unpaired) electrons. The van der Waals surface area contributed by atoms with Crippen molar-refractivity contribution in [1.29, 1.82) is 0 Å². The Kier molecular flexibility index (Phi) is 4.99. The molecule has 2 atom stereocenters. The molecule has 0 bridgehead atoms. The molecule has 0 aromatic heterocycles. The van der Waals surface area contributed by atoms with Crippen LogP contribution in [0.15, 0.2) is 0 Å². The van der Waals surface area contributed by atoms with Crippen LogP contribution in [0, 0.1) is 5.92 Å². The molecular weight excluding hydrogens is 260 g/mol. The fraction of sp³-hybridized carbons (Fsp3) is 0.857. The van der Waals surface area contributed by atoms with Crippen LogP contribution in [0.5, 0.6) is 0 Å². The number of piperidine rings is 1. The van der Waals surface area contributed by atoms with Crippen molar-refractivity contribution < 1.29 is 19.4 Å². The van der Waals surface area contributed by atoms with Crippen molar-refractivity contribution in [3.8, 4) is 0 Å². The van der Waals surface area contributed by atoms with Gasteiger partial charge >= 0.3 is 5.97 Å². The summed E-state index contributed by atoms with van der Waals surface area (Å²) in [5, 5.41) is 9.90. The molecule has 1 saturated carbocycles. The summed E-state index contributed by atoms with van der Waals surface area (Å²) in [7, 11) is 3.24. The van der Waals surface area contributed by atoms with Gasteiger partial charge in [-0.05, 0) is 32.7 Å². The maximum atomic E-state index is 12.2. The summed E-state index contributed by atoms with van der Waals surface area (Å²) in [4.78, 5) is 27.5. The van der Waals surface area contributed by atoms with Crippen molar-refractivity contribution in [2.45, 2.75) is 37.8 Å². The Morgan fingerprint density at radius 3 is 2.70 bits per heavy atom. The Morgan fingerprint density at radius 2 is 2.10 bits per heavy atom. The van der Waals surface area contributed by atoms with Gasteiger partial charge in [-0.1, -0.05) is 0 Å². The first kappa shape index (κ1) is 15.3. The zero-order valence-corrected chi connectivity index (χ0v) is 12.2. The smallest absolute Gasteiger partial charge is 0.335 e. The van der Waals surface area contributed by atoms with Crippen molar-refractivity contribution >= 4 is 11.9 Å². The first-order chi connectivity index (χ1) is 9.52. The standard InChI is InChI=1S/C14H24N2O4/c1-15(11-5-6-11)9-12(17)16-7-3-4-10(8-16)13(18)14(19)20-2/h10-11,13,18H,3-9H2,1-2H3/t10-,13-/m1/s1. The summed E-state index contributed by atoms with van der Waals surface area (Å²) >= 11 is 0. The lowest BCUT2D eigenvalue weighted by Crippen LogP contribution is -2.48. The van der Waals surface area contributed by atoms with Gasteiger partial charge in [-0.3, -0.25) is 9.69 Å². The van der Waals surface area contributed by atoms with E-state index in [0.29, 0.717) is 25.7 Å².